The van der Waals surface area contributed by atoms with Crippen LogP contribution in [-0.4, -0.2) is 6.61 Å². The molecule has 112 valence electrons. The summed E-state index contributed by atoms with van der Waals surface area (Å²) in [6.45, 7) is 4.90. The highest BCUT2D eigenvalue weighted by Gasteiger charge is 2.13. The fourth-order valence-corrected chi connectivity index (χ4v) is 2.55. The van der Waals surface area contributed by atoms with Crippen molar-refractivity contribution in [2.45, 2.75) is 26.3 Å². The molecule has 0 aliphatic heterocycles. The SMILES string of the molecule is CCCOc1ccc(C(NN)c2ccc(C)c(Br)c2)cc1. The Morgan fingerprint density at radius 1 is 1.14 bits per heavy atom. The fraction of sp³-hybridized carbons (Fsp3) is 0.294. The molecule has 3 nitrogen and oxygen atoms in total. The lowest BCUT2D eigenvalue weighted by molar-refractivity contribution is 0.317. The van der Waals surface area contributed by atoms with Crippen molar-refractivity contribution in [3.05, 3.63) is 63.6 Å². The van der Waals surface area contributed by atoms with Gasteiger partial charge in [0.05, 0.1) is 12.6 Å². The van der Waals surface area contributed by atoms with E-state index in [1.807, 2.05) is 24.3 Å². The zero-order valence-corrected chi connectivity index (χ0v) is 14.0. The fourth-order valence-electron chi connectivity index (χ4n) is 2.15. The molecule has 0 amide bonds. The standard InChI is InChI=1S/C17H21BrN2O/c1-3-10-21-15-8-6-13(7-9-15)17(20-19)14-5-4-12(2)16(18)11-14/h4-9,11,17,20H,3,10,19H2,1-2H3. The van der Waals surface area contributed by atoms with E-state index in [1.54, 1.807) is 0 Å². The number of nitrogens with one attached hydrogen (secondary N) is 1. The molecular formula is C17H21BrN2O. The van der Waals surface area contributed by atoms with Gasteiger partial charge in [0.1, 0.15) is 5.75 Å². The molecular weight excluding hydrogens is 328 g/mol. The van der Waals surface area contributed by atoms with E-state index in [0.717, 1.165) is 34.4 Å². The average Bonchev–Trinajstić information content (AvgIpc) is 2.50. The van der Waals surface area contributed by atoms with Crippen LogP contribution in [0.3, 0.4) is 0 Å². The first kappa shape index (κ1) is 16.0. The molecule has 0 aliphatic rings. The van der Waals surface area contributed by atoms with Crippen molar-refractivity contribution < 1.29 is 4.74 Å². The van der Waals surface area contributed by atoms with Crippen LogP contribution in [0.1, 0.15) is 36.1 Å². The second-order valence-corrected chi connectivity index (χ2v) is 5.88. The summed E-state index contributed by atoms with van der Waals surface area (Å²) < 4.78 is 6.69. The highest BCUT2D eigenvalue weighted by Crippen LogP contribution is 2.27. The summed E-state index contributed by atoms with van der Waals surface area (Å²) >= 11 is 3.57. The van der Waals surface area contributed by atoms with Crippen molar-refractivity contribution in [2.75, 3.05) is 6.61 Å². The van der Waals surface area contributed by atoms with Gasteiger partial charge in [-0.3, -0.25) is 5.84 Å². The Labute approximate surface area is 134 Å². The Kier molecular flexibility index (Phi) is 5.79. The molecule has 1 unspecified atom stereocenters. The highest BCUT2D eigenvalue weighted by molar-refractivity contribution is 9.10. The van der Waals surface area contributed by atoms with E-state index in [-0.39, 0.29) is 6.04 Å². The smallest absolute Gasteiger partial charge is 0.119 e. The third-order valence-electron chi connectivity index (χ3n) is 3.38. The Morgan fingerprint density at radius 2 is 1.81 bits per heavy atom. The molecule has 4 heteroatoms. The predicted molar refractivity (Wildman–Crippen MR) is 90.3 cm³/mol. The Hall–Kier alpha value is -1.36. The van der Waals surface area contributed by atoms with Crippen LogP contribution in [0.25, 0.3) is 0 Å². The van der Waals surface area contributed by atoms with Gasteiger partial charge < -0.3 is 4.74 Å². The topological polar surface area (TPSA) is 47.3 Å². The lowest BCUT2D eigenvalue weighted by atomic mass is 9.98. The van der Waals surface area contributed by atoms with Gasteiger partial charge >= 0.3 is 0 Å². The minimum Gasteiger partial charge on any atom is -0.494 e. The summed E-state index contributed by atoms with van der Waals surface area (Å²) in [5, 5.41) is 0. The van der Waals surface area contributed by atoms with Gasteiger partial charge in [0.25, 0.3) is 0 Å². The number of aryl methyl sites for hydroxylation is 1. The summed E-state index contributed by atoms with van der Waals surface area (Å²) in [6, 6.07) is 14.3. The molecule has 0 aromatic heterocycles. The van der Waals surface area contributed by atoms with Crippen molar-refractivity contribution in [3.63, 3.8) is 0 Å². The van der Waals surface area contributed by atoms with Gasteiger partial charge in [-0.05, 0) is 48.2 Å². The largest absolute Gasteiger partial charge is 0.494 e. The van der Waals surface area contributed by atoms with E-state index < -0.39 is 0 Å². The van der Waals surface area contributed by atoms with Crippen molar-refractivity contribution in [2.24, 2.45) is 5.84 Å². The number of benzene rings is 2. The first-order valence-electron chi connectivity index (χ1n) is 7.10. The second kappa shape index (κ2) is 7.59. The number of hydrogen-bond acceptors (Lipinski definition) is 3. The van der Waals surface area contributed by atoms with Crippen molar-refractivity contribution in [3.8, 4) is 5.75 Å². The highest BCUT2D eigenvalue weighted by atomic mass is 79.9. The molecule has 0 spiro atoms. The van der Waals surface area contributed by atoms with Gasteiger partial charge in [0.15, 0.2) is 0 Å². The minimum atomic E-state index is -0.0397. The van der Waals surface area contributed by atoms with Gasteiger partial charge in [-0.1, -0.05) is 47.1 Å². The predicted octanol–water partition coefficient (Wildman–Crippen LogP) is 4.10. The molecule has 0 radical (unpaired) electrons. The lowest BCUT2D eigenvalue weighted by Crippen LogP contribution is -2.28. The maximum atomic E-state index is 5.75. The number of ether oxygens (including phenoxy) is 1. The van der Waals surface area contributed by atoms with Crippen LogP contribution in [0.15, 0.2) is 46.9 Å². The van der Waals surface area contributed by atoms with Crippen molar-refractivity contribution in [1.29, 1.82) is 0 Å². The average molecular weight is 349 g/mol. The third kappa shape index (κ3) is 4.06. The monoisotopic (exact) mass is 348 g/mol. The summed E-state index contributed by atoms with van der Waals surface area (Å²) in [6.07, 6.45) is 1.01. The van der Waals surface area contributed by atoms with E-state index in [1.165, 1.54) is 5.56 Å². The maximum absolute atomic E-state index is 5.75. The van der Waals surface area contributed by atoms with Gasteiger partial charge in [-0.25, -0.2) is 5.43 Å². The van der Waals surface area contributed by atoms with Crippen LogP contribution >= 0.6 is 15.9 Å². The Bertz CT molecular complexity index is 584. The van der Waals surface area contributed by atoms with E-state index in [0.29, 0.717) is 0 Å². The number of hydrazine groups is 1. The second-order valence-electron chi connectivity index (χ2n) is 5.03. The van der Waals surface area contributed by atoms with Crippen molar-refractivity contribution >= 4 is 15.9 Å². The van der Waals surface area contributed by atoms with E-state index >= 15 is 0 Å². The molecule has 2 rings (SSSR count). The maximum Gasteiger partial charge on any atom is 0.119 e. The van der Waals surface area contributed by atoms with Crippen molar-refractivity contribution in [1.82, 2.24) is 5.43 Å². The zero-order chi connectivity index (χ0) is 15.2. The molecule has 0 saturated carbocycles. The van der Waals surface area contributed by atoms with Gasteiger partial charge in [0.2, 0.25) is 0 Å². The molecule has 2 aromatic rings. The van der Waals surface area contributed by atoms with E-state index in [2.05, 4.69) is 53.4 Å². The van der Waals surface area contributed by atoms with Gasteiger partial charge in [0, 0.05) is 4.47 Å². The van der Waals surface area contributed by atoms with Crippen LogP contribution in [0.4, 0.5) is 0 Å². The van der Waals surface area contributed by atoms with Crippen LogP contribution in [0, 0.1) is 6.92 Å². The number of hydrogen-bond donors (Lipinski definition) is 2. The van der Waals surface area contributed by atoms with E-state index in [9.17, 15) is 0 Å². The Morgan fingerprint density at radius 3 is 2.38 bits per heavy atom. The minimum absolute atomic E-state index is 0.0397. The summed E-state index contributed by atoms with van der Waals surface area (Å²) in [5.74, 6) is 6.64. The molecule has 2 aromatic carbocycles. The molecule has 0 bridgehead atoms. The molecule has 21 heavy (non-hydrogen) atoms. The number of halogens is 1. The summed E-state index contributed by atoms with van der Waals surface area (Å²) in [7, 11) is 0. The summed E-state index contributed by atoms with van der Waals surface area (Å²) in [4.78, 5) is 0. The first-order valence-corrected chi connectivity index (χ1v) is 7.90. The third-order valence-corrected chi connectivity index (χ3v) is 4.24. The number of nitrogens with two attached hydrogens (primary N) is 1. The van der Waals surface area contributed by atoms with Gasteiger partial charge in [-0.15, -0.1) is 0 Å². The zero-order valence-electron chi connectivity index (χ0n) is 12.4. The lowest BCUT2D eigenvalue weighted by Gasteiger charge is -2.18. The number of rotatable bonds is 6. The normalized spacial score (nSPS) is 12.2. The van der Waals surface area contributed by atoms with Crippen LogP contribution in [0.2, 0.25) is 0 Å². The van der Waals surface area contributed by atoms with E-state index in [4.69, 9.17) is 10.6 Å². The molecule has 0 fully saturated rings. The Balaban J connectivity index is 2.22. The van der Waals surface area contributed by atoms with Crippen LogP contribution in [0.5, 0.6) is 5.75 Å². The van der Waals surface area contributed by atoms with Gasteiger partial charge in [-0.2, -0.15) is 0 Å². The van der Waals surface area contributed by atoms with Crippen LogP contribution < -0.4 is 16.0 Å². The first-order chi connectivity index (χ1) is 10.2. The molecule has 0 aliphatic carbocycles. The van der Waals surface area contributed by atoms with Crippen LogP contribution in [-0.2, 0) is 0 Å². The molecule has 0 heterocycles. The molecule has 1 atom stereocenters. The molecule has 3 N–H and O–H groups in total. The quantitative estimate of drug-likeness (QED) is 0.610. The molecule has 0 saturated heterocycles. The summed E-state index contributed by atoms with van der Waals surface area (Å²) in [5.41, 5.74) is 6.32.